The number of ether oxygens (including phenoxy) is 3. The molecular formula is C33H35ClN2O6. The van der Waals surface area contributed by atoms with Crippen LogP contribution in [0.3, 0.4) is 0 Å². The first-order chi connectivity index (χ1) is 20.4. The lowest BCUT2D eigenvalue weighted by molar-refractivity contribution is -0.122. The van der Waals surface area contributed by atoms with Gasteiger partial charge in [-0.15, -0.1) is 0 Å². The van der Waals surface area contributed by atoms with Gasteiger partial charge in [-0.2, -0.15) is 0 Å². The van der Waals surface area contributed by atoms with Gasteiger partial charge in [0.15, 0.2) is 11.5 Å². The molecule has 8 nitrogen and oxygen atoms in total. The van der Waals surface area contributed by atoms with Crippen LogP contribution in [0.15, 0.2) is 72.3 Å². The standard InChI is InChI=1S/C33H35ClN2O6/c1-3-4-5-6-7-11-18-41-30-28(34)20-24(21-29(30)40-2)19-27-31(37)35-33(39)36(32(27)38)25-14-16-26(17-15-25)42-22-23-12-9-8-10-13-23/h8-10,12-17,19-21H,3-7,11,18,22H2,1-2H3,(H,35,37,39)/b27-19-. The van der Waals surface area contributed by atoms with E-state index < -0.39 is 17.8 Å². The minimum atomic E-state index is -0.839. The SMILES string of the molecule is CCCCCCCCOc1c(Cl)cc(/C=C2/C(=O)NC(=O)N(c3ccc(OCc4ccccc4)cc3)C2=O)cc1OC. The molecule has 4 rings (SSSR count). The Hall–Kier alpha value is -4.30. The minimum absolute atomic E-state index is 0.224. The lowest BCUT2D eigenvalue weighted by Gasteiger charge is -2.26. The van der Waals surface area contributed by atoms with Crippen molar-refractivity contribution in [1.29, 1.82) is 0 Å². The predicted molar refractivity (Wildman–Crippen MR) is 163 cm³/mol. The number of methoxy groups -OCH3 is 1. The summed E-state index contributed by atoms with van der Waals surface area (Å²) < 4.78 is 17.2. The number of halogens is 1. The highest BCUT2D eigenvalue weighted by molar-refractivity contribution is 6.39. The molecule has 0 spiro atoms. The first kappa shape index (κ1) is 30.7. The van der Waals surface area contributed by atoms with E-state index in [1.807, 2.05) is 30.3 Å². The maximum atomic E-state index is 13.4. The number of imide groups is 2. The molecule has 3 aromatic carbocycles. The zero-order valence-electron chi connectivity index (χ0n) is 23.9. The number of carbonyl (C=O) groups excluding carboxylic acids is 3. The maximum absolute atomic E-state index is 13.4. The van der Waals surface area contributed by atoms with E-state index >= 15 is 0 Å². The number of anilines is 1. The smallest absolute Gasteiger partial charge is 0.335 e. The van der Waals surface area contributed by atoms with E-state index in [2.05, 4.69) is 12.2 Å². The van der Waals surface area contributed by atoms with E-state index in [9.17, 15) is 14.4 Å². The van der Waals surface area contributed by atoms with Crippen LogP contribution in [0, 0.1) is 0 Å². The van der Waals surface area contributed by atoms with Gasteiger partial charge >= 0.3 is 6.03 Å². The summed E-state index contributed by atoms with van der Waals surface area (Å²) in [5.74, 6) is -0.216. The van der Waals surface area contributed by atoms with E-state index in [1.54, 1.807) is 36.4 Å². The van der Waals surface area contributed by atoms with Crippen molar-refractivity contribution in [3.8, 4) is 17.2 Å². The van der Waals surface area contributed by atoms with Crippen molar-refractivity contribution >= 4 is 41.2 Å². The highest BCUT2D eigenvalue weighted by Gasteiger charge is 2.37. The second-order valence-electron chi connectivity index (χ2n) is 9.88. The van der Waals surface area contributed by atoms with Gasteiger partial charge in [0.25, 0.3) is 11.8 Å². The quantitative estimate of drug-likeness (QED) is 0.120. The van der Waals surface area contributed by atoms with Gasteiger partial charge in [-0.3, -0.25) is 14.9 Å². The molecule has 1 N–H and O–H groups in total. The number of hydrogen-bond acceptors (Lipinski definition) is 6. The van der Waals surface area contributed by atoms with Gasteiger partial charge in [-0.05, 0) is 60.0 Å². The van der Waals surface area contributed by atoms with Crippen LogP contribution in [0.1, 0.15) is 56.6 Å². The Morgan fingerprint density at radius 3 is 2.31 bits per heavy atom. The Bertz CT molecular complexity index is 1420. The Kier molecular flexibility index (Phi) is 11.0. The van der Waals surface area contributed by atoms with Gasteiger partial charge in [-0.1, -0.05) is 81.0 Å². The minimum Gasteiger partial charge on any atom is -0.493 e. The molecule has 1 heterocycles. The monoisotopic (exact) mass is 590 g/mol. The Morgan fingerprint density at radius 2 is 1.60 bits per heavy atom. The summed E-state index contributed by atoms with van der Waals surface area (Å²) in [5.41, 5.74) is 1.52. The van der Waals surface area contributed by atoms with Crippen LogP contribution in [0.25, 0.3) is 6.08 Å². The predicted octanol–water partition coefficient (Wildman–Crippen LogP) is 7.33. The second-order valence-corrected chi connectivity index (χ2v) is 10.3. The summed E-state index contributed by atoms with van der Waals surface area (Å²) >= 11 is 6.52. The highest BCUT2D eigenvalue weighted by atomic mass is 35.5. The third kappa shape index (κ3) is 7.91. The lowest BCUT2D eigenvalue weighted by atomic mass is 10.1. The summed E-state index contributed by atoms with van der Waals surface area (Å²) in [6, 6.07) is 18.6. The largest absolute Gasteiger partial charge is 0.493 e. The first-order valence-corrected chi connectivity index (χ1v) is 14.5. The van der Waals surface area contributed by atoms with E-state index in [0.717, 1.165) is 29.7 Å². The van der Waals surface area contributed by atoms with Crippen LogP contribution in [0.5, 0.6) is 17.2 Å². The number of nitrogens with one attached hydrogen (secondary N) is 1. The van der Waals surface area contributed by atoms with Crippen LogP contribution in [-0.2, 0) is 16.2 Å². The van der Waals surface area contributed by atoms with Crippen LogP contribution < -0.4 is 24.4 Å². The molecule has 42 heavy (non-hydrogen) atoms. The zero-order valence-corrected chi connectivity index (χ0v) is 24.6. The van der Waals surface area contributed by atoms with Crippen molar-refractivity contribution in [2.75, 3.05) is 18.6 Å². The van der Waals surface area contributed by atoms with E-state index in [1.165, 1.54) is 32.4 Å². The zero-order chi connectivity index (χ0) is 29.9. The van der Waals surface area contributed by atoms with Crippen LogP contribution in [0.2, 0.25) is 5.02 Å². The van der Waals surface area contributed by atoms with Crippen molar-refractivity contribution in [1.82, 2.24) is 5.32 Å². The van der Waals surface area contributed by atoms with E-state index in [-0.39, 0.29) is 16.3 Å². The van der Waals surface area contributed by atoms with Crippen LogP contribution in [0.4, 0.5) is 10.5 Å². The van der Waals surface area contributed by atoms with Gasteiger partial charge in [0.05, 0.1) is 24.4 Å². The molecule has 9 heteroatoms. The number of unbranched alkanes of at least 4 members (excludes halogenated alkanes) is 5. The molecule has 0 aromatic heterocycles. The molecule has 0 atom stereocenters. The van der Waals surface area contributed by atoms with Gasteiger partial charge < -0.3 is 14.2 Å². The average Bonchev–Trinajstić information content (AvgIpc) is 2.99. The number of benzene rings is 3. The molecule has 0 aliphatic carbocycles. The molecule has 0 unspecified atom stereocenters. The molecule has 1 aliphatic rings. The summed E-state index contributed by atoms with van der Waals surface area (Å²) in [7, 11) is 1.49. The van der Waals surface area contributed by atoms with Crippen molar-refractivity contribution in [3.05, 3.63) is 88.5 Å². The number of amides is 4. The average molecular weight is 591 g/mol. The number of carbonyl (C=O) groups is 3. The fourth-order valence-corrected chi connectivity index (χ4v) is 4.78. The Labute approximate surface area is 251 Å². The van der Waals surface area contributed by atoms with Crippen molar-refractivity contribution in [3.63, 3.8) is 0 Å². The van der Waals surface area contributed by atoms with Gasteiger partial charge in [0.1, 0.15) is 17.9 Å². The van der Waals surface area contributed by atoms with Crippen molar-refractivity contribution < 1.29 is 28.6 Å². The molecule has 1 aliphatic heterocycles. The summed E-state index contributed by atoms with van der Waals surface area (Å²) in [6.07, 6.45) is 8.16. The second kappa shape index (κ2) is 15.1. The number of hydrogen-bond donors (Lipinski definition) is 1. The topological polar surface area (TPSA) is 94.2 Å². The highest BCUT2D eigenvalue weighted by Crippen LogP contribution is 2.37. The molecule has 0 radical (unpaired) electrons. The number of urea groups is 1. The van der Waals surface area contributed by atoms with E-state index in [0.29, 0.717) is 36.0 Å². The molecule has 4 amide bonds. The molecular weight excluding hydrogens is 556 g/mol. The van der Waals surface area contributed by atoms with Gasteiger partial charge in [-0.25, -0.2) is 9.69 Å². The van der Waals surface area contributed by atoms with Crippen molar-refractivity contribution in [2.24, 2.45) is 0 Å². The normalized spacial score (nSPS) is 14.2. The van der Waals surface area contributed by atoms with Crippen molar-refractivity contribution in [2.45, 2.75) is 52.1 Å². The molecule has 0 bridgehead atoms. The van der Waals surface area contributed by atoms with Crippen LogP contribution >= 0.6 is 11.6 Å². The van der Waals surface area contributed by atoms with Gasteiger partial charge in [0.2, 0.25) is 0 Å². The summed E-state index contributed by atoms with van der Waals surface area (Å²) in [5, 5.41) is 2.52. The Balaban J connectivity index is 1.46. The Morgan fingerprint density at radius 1 is 0.881 bits per heavy atom. The summed E-state index contributed by atoms with van der Waals surface area (Å²) in [6.45, 7) is 3.06. The molecule has 1 fully saturated rings. The lowest BCUT2D eigenvalue weighted by Crippen LogP contribution is -2.54. The maximum Gasteiger partial charge on any atom is 0.335 e. The third-order valence-corrected chi connectivity index (χ3v) is 7.03. The third-order valence-electron chi connectivity index (χ3n) is 6.75. The fourth-order valence-electron chi connectivity index (χ4n) is 4.51. The molecule has 1 saturated heterocycles. The fraction of sp³-hybridized carbons (Fsp3) is 0.303. The molecule has 0 saturated carbocycles. The number of rotatable bonds is 14. The van der Waals surface area contributed by atoms with E-state index in [4.69, 9.17) is 25.8 Å². The summed E-state index contributed by atoms with van der Waals surface area (Å²) in [4.78, 5) is 39.6. The van der Waals surface area contributed by atoms with Crippen LogP contribution in [-0.4, -0.2) is 31.6 Å². The van der Waals surface area contributed by atoms with Gasteiger partial charge in [0, 0.05) is 0 Å². The molecule has 3 aromatic rings. The number of nitrogens with zero attached hydrogens (tertiary/aromatic N) is 1. The number of barbiturate groups is 1. The molecule has 220 valence electrons. The first-order valence-electron chi connectivity index (χ1n) is 14.1.